The highest BCUT2D eigenvalue weighted by atomic mass is 35.5. The minimum absolute atomic E-state index is 0.0461. The Morgan fingerprint density at radius 3 is 2.46 bits per heavy atom. The molecule has 2 unspecified atom stereocenters. The Kier molecular flexibility index (Phi) is 6.08. The average molecular weight is 406 g/mol. The molecule has 6 heteroatoms. The molecule has 0 saturated carbocycles. The summed E-state index contributed by atoms with van der Waals surface area (Å²) in [7, 11) is 2.03. The smallest absolute Gasteiger partial charge is 0.314 e. The Balaban J connectivity index is 1.93. The van der Waals surface area contributed by atoms with E-state index in [1.807, 2.05) is 7.05 Å². The highest BCUT2D eigenvalue weighted by Gasteiger charge is 2.40. The molecule has 0 aromatic heterocycles. The van der Waals surface area contributed by atoms with Crippen LogP contribution in [0.25, 0.3) is 6.08 Å². The summed E-state index contributed by atoms with van der Waals surface area (Å²) < 4.78 is 15.0. The lowest BCUT2D eigenvalue weighted by Gasteiger charge is -2.40. The van der Waals surface area contributed by atoms with Gasteiger partial charge in [0.2, 0.25) is 0 Å². The second-order valence-electron chi connectivity index (χ2n) is 7.81. The first-order valence-electron chi connectivity index (χ1n) is 9.39. The molecule has 1 fully saturated rings. The molecule has 4 nitrogen and oxygen atoms in total. The van der Waals surface area contributed by atoms with Gasteiger partial charge in [-0.1, -0.05) is 29.8 Å². The van der Waals surface area contributed by atoms with Gasteiger partial charge in [-0.2, -0.15) is 0 Å². The van der Waals surface area contributed by atoms with E-state index in [1.54, 1.807) is 31.2 Å². The number of nitrogens with zero attached hydrogens (tertiary/aromatic N) is 1. The van der Waals surface area contributed by atoms with E-state index in [1.165, 1.54) is 18.2 Å². The molecule has 3 rings (SSSR count). The predicted molar refractivity (Wildman–Crippen MR) is 109 cm³/mol. The maximum Gasteiger partial charge on any atom is 0.314 e. The zero-order valence-corrected chi connectivity index (χ0v) is 16.8. The van der Waals surface area contributed by atoms with Gasteiger partial charge in [0.05, 0.1) is 5.60 Å². The number of rotatable bonds is 4. The van der Waals surface area contributed by atoms with Gasteiger partial charge in [0.15, 0.2) is 0 Å². The standard InChI is InChI=1S/C22H25ClFNO3/c1-22(28,15-7-9-25(2)10-8-15)16-12-19(21(26)27)18(20(24)13-16)11-14-3-5-17(23)6-4-14/h3-6,11-13,15,19,28H,7-10H2,1-2H3,(H,26,27). The SMILES string of the molecule is CN1CCC(C(C)(O)C2=CC(C(=O)O)C(=Cc3ccc(Cl)cc3)C(F)=C2)CC1. The number of carbonyl (C=O) groups is 1. The summed E-state index contributed by atoms with van der Waals surface area (Å²) >= 11 is 5.87. The summed E-state index contributed by atoms with van der Waals surface area (Å²) in [5.74, 6) is -2.99. The fraction of sp³-hybridized carbons (Fsp3) is 0.409. The van der Waals surface area contributed by atoms with E-state index in [4.69, 9.17) is 11.6 Å². The molecule has 0 amide bonds. The molecule has 0 spiro atoms. The van der Waals surface area contributed by atoms with Crippen molar-refractivity contribution in [2.24, 2.45) is 11.8 Å². The van der Waals surface area contributed by atoms with Crippen LogP contribution in [0.3, 0.4) is 0 Å². The van der Waals surface area contributed by atoms with Crippen LogP contribution in [-0.2, 0) is 4.79 Å². The third kappa shape index (κ3) is 4.37. The van der Waals surface area contributed by atoms with E-state index in [0.717, 1.165) is 25.9 Å². The number of piperidine rings is 1. The van der Waals surface area contributed by atoms with Crippen LogP contribution in [-0.4, -0.2) is 46.8 Å². The van der Waals surface area contributed by atoms with Crippen LogP contribution in [0.2, 0.25) is 5.02 Å². The Hall–Kier alpha value is -1.95. The van der Waals surface area contributed by atoms with Crippen molar-refractivity contribution < 1.29 is 19.4 Å². The first-order chi connectivity index (χ1) is 13.2. The molecule has 2 aliphatic rings. The van der Waals surface area contributed by atoms with Crippen molar-refractivity contribution in [3.63, 3.8) is 0 Å². The highest BCUT2D eigenvalue weighted by molar-refractivity contribution is 6.30. The molecule has 0 radical (unpaired) electrons. The number of allylic oxidation sites excluding steroid dienone is 1. The lowest BCUT2D eigenvalue weighted by molar-refractivity contribution is -0.138. The van der Waals surface area contributed by atoms with E-state index in [0.29, 0.717) is 16.2 Å². The summed E-state index contributed by atoms with van der Waals surface area (Å²) in [6.07, 6.45) is 5.83. The Morgan fingerprint density at radius 2 is 1.89 bits per heavy atom. The molecule has 1 heterocycles. The molecule has 2 N–H and O–H groups in total. The number of aliphatic carboxylic acids is 1. The molecule has 150 valence electrons. The molecule has 1 saturated heterocycles. The van der Waals surface area contributed by atoms with Crippen molar-refractivity contribution >= 4 is 23.6 Å². The Bertz CT molecular complexity index is 834. The Labute approximate surface area is 169 Å². The summed E-state index contributed by atoms with van der Waals surface area (Å²) in [5.41, 5.74) is -0.218. The third-order valence-electron chi connectivity index (χ3n) is 5.80. The molecule has 1 aliphatic heterocycles. The zero-order valence-electron chi connectivity index (χ0n) is 16.0. The predicted octanol–water partition coefficient (Wildman–Crippen LogP) is 4.31. The van der Waals surface area contributed by atoms with E-state index in [9.17, 15) is 19.4 Å². The summed E-state index contributed by atoms with van der Waals surface area (Å²) in [6, 6.07) is 6.74. The monoisotopic (exact) mass is 405 g/mol. The molecule has 1 aliphatic carbocycles. The lowest BCUT2D eigenvalue weighted by atomic mass is 9.73. The number of hydrogen-bond acceptors (Lipinski definition) is 3. The first kappa shape index (κ1) is 20.8. The van der Waals surface area contributed by atoms with Crippen LogP contribution in [0.4, 0.5) is 4.39 Å². The first-order valence-corrected chi connectivity index (χ1v) is 9.77. The van der Waals surface area contributed by atoms with Gasteiger partial charge in [0, 0.05) is 10.6 Å². The minimum atomic E-state index is -1.28. The number of carboxylic acid groups (broad SMARTS) is 1. The Morgan fingerprint density at radius 1 is 1.29 bits per heavy atom. The quantitative estimate of drug-likeness (QED) is 0.783. The number of carboxylic acids is 1. The fourth-order valence-electron chi connectivity index (χ4n) is 3.91. The molecular formula is C22H25ClFNO3. The van der Waals surface area contributed by atoms with Crippen molar-refractivity contribution in [2.45, 2.75) is 25.4 Å². The number of likely N-dealkylation sites (tertiary alicyclic amines) is 1. The van der Waals surface area contributed by atoms with Crippen molar-refractivity contribution in [3.8, 4) is 0 Å². The fourth-order valence-corrected chi connectivity index (χ4v) is 4.03. The summed E-state index contributed by atoms with van der Waals surface area (Å²) in [5, 5.41) is 21.4. The number of aliphatic hydroxyl groups is 1. The molecular weight excluding hydrogens is 381 g/mol. The van der Waals surface area contributed by atoms with Gasteiger partial charge in [-0.25, -0.2) is 4.39 Å². The van der Waals surface area contributed by atoms with Crippen molar-refractivity contribution in [2.75, 3.05) is 20.1 Å². The highest BCUT2D eigenvalue weighted by Crippen LogP contribution is 2.40. The van der Waals surface area contributed by atoms with Crippen LogP contribution < -0.4 is 0 Å². The maximum atomic E-state index is 15.0. The van der Waals surface area contributed by atoms with Gasteiger partial charge >= 0.3 is 5.97 Å². The van der Waals surface area contributed by atoms with Crippen molar-refractivity contribution in [1.82, 2.24) is 4.90 Å². The summed E-state index contributed by atoms with van der Waals surface area (Å²) in [6.45, 7) is 3.36. The third-order valence-corrected chi connectivity index (χ3v) is 6.05. The van der Waals surface area contributed by atoms with Gasteiger partial charge in [-0.05, 0) is 81.2 Å². The number of benzene rings is 1. The van der Waals surface area contributed by atoms with Crippen LogP contribution in [0.5, 0.6) is 0 Å². The van der Waals surface area contributed by atoms with Gasteiger partial charge < -0.3 is 15.1 Å². The van der Waals surface area contributed by atoms with Gasteiger partial charge in [0.1, 0.15) is 11.7 Å². The largest absolute Gasteiger partial charge is 0.481 e. The molecule has 2 atom stereocenters. The maximum absolute atomic E-state index is 15.0. The van der Waals surface area contributed by atoms with Crippen LogP contribution in [0.1, 0.15) is 25.3 Å². The van der Waals surface area contributed by atoms with Crippen molar-refractivity contribution in [1.29, 1.82) is 0 Å². The molecule has 0 bridgehead atoms. The van der Waals surface area contributed by atoms with Crippen LogP contribution in [0.15, 0.2) is 53.4 Å². The van der Waals surface area contributed by atoms with Gasteiger partial charge in [-0.3, -0.25) is 4.79 Å². The zero-order chi connectivity index (χ0) is 20.5. The van der Waals surface area contributed by atoms with E-state index >= 15 is 0 Å². The number of hydrogen-bond donors (Lipinski definition) is 2. The lowest BCUT2D eigenvalue weighted by Crippen LogP contribution is -2.44. The van der Waals surface area contributed by atoms with E-state index in [-0.39, 0.29) is 11.5 Å². The average Bonchev–Trinajstić information content (AvgIpc) is 2.65. The van der Waals surface area contributed by atoms with E-state index in [2.05, 4.69) is 4.90 Å². The normalized spacial score (nSPS) is 25.2. The molecule has 1 aromatic rings. The summed E-state index contributed by atoms with van der Waals surface area (Å²) in [4.78, 5) is 14.0. The van der Waals surface area contributed by atoms with Crippen molar-refractivity contribution in [3.05, 3.63) is 64.0 Å². The number of halogens is 2. The van der Waals surface area contributed by atoms with Gasteiger partial charge in [-0.15, -0.1) is 0 Å². The van der Waals surface area contributed by atoms with Crippen LogP contribution in [0, 0.1) is 11.8 Å². The van der Waals surface area contributed by atoms with E-state index < -0.39 is 23.3 Å². The molecule has 1 aromatic carbocycles. The topological polar surface area (TPSA) is 60.8 Å². The molecule has 28 heavy (non-hydrogen) atoms. The second-order valence-corrected chi connectivity index (χ2v) is 8.24. The van der Waals surface area contributed by atoms with Crippen LogP contribution >= 0.6 is 11.6 Å². The van der Waals surface area contributed by atoms with Gasteiger partial charge in [0.25, 0.3) is 0 Å². The minimum Gasteiger partial charge on any atom is -0.481 e. The second kappa shape index (κ2) is 8.19.